The summed E-state index contributed by atoms with van der Waals surface area (Å²) in [5.41, 5.74) is 5.62. The third-order valence-corrected chi connectivity index (χ3v) is 2.96. The number of hydrogen-bond donors (Lipinski definition) is 3. The van der Waals surface area contributed by atoms with Crippen LogP contribution in [0, 0.1) is 5.92 Å². The summed E-state index contributed by atoms with van der Waals surface area (Å²) in [4.78, 5) is 11.0. The van der Waals surface area contributed by atoms with Gasteiger partial charge in [-0.05, 0) is 26.7 Å². The van der Waals surface area contributed by atoms with Gasteiger partial charge >= 0.3 is 5.97 Å². The van der Waals surface area contributed by atoms with Gasteiger partial charge in [0.25, 0.3) is 0 Å². The summed E-state index contributed by atoms with van der Waals surface area (Å²) in [5.74, 6) is 4.57. The molecule has 0 aromatic rings. The molecule has 1 rings (SSSR count). The fraction of sp³-hybridized carbons (Fsp3) is 0.667. The molecule has 1 aliphatic rings. The van der Waals surface area contributed by atoms with Gasteiger partial charge in [-0.25, -0.2) is 5.84 Å². The fourth-order valence-corrected chi connectivity index (χ4v) is 1.89. The van der Waals surface area contributed by atoms with Crippen LogP contribution in [-0.2, 0) is 4.79 Å². The average Bonchev–Trinajstić information content (AvgIpc) is 2.08. The SMILES string of the molecule is CC1(C)C(C(=O)O)CC/C(=C/N)N1N. The molecule has 0 aliphatic carbocycles. The number of allylic oxidation sites excluding steroid dienone is 1. The van der Waals surface area contributed by atoms with Gasteiger partial charge < -0.3 is 15.8 Å². The molecule has 0 bridgehead atoms. The molecule has 14 heavy (non-hydrogen) atoms. The van der Waals surface area contributed by atoms with Crippen molar-refractivity contribution in [1.82, 2.24) is 5.01 Å². The molecule has 1 heterocycles. The fourth-order valence-electron chi connectivity index (χ4n) is 1.89. The van der Waals surface area contributed by atoms with E-state index in [0.29, 0.717) is 12.8 Å². The van der Waals surface area contributed by atoms with Crippen LogP contribution in [0.1, 0.15) is 26.7 Å². The maximum Gasteiger partial charge on any atom is 0.308 e. The van der Waals surface area contributed by atoms with Gasteiger partial charge in [0.2, 0.25) is 0 Å². The first-order chi connectivity index (χ1) is 6.41. The van der Waals surface area contributed by atoms with Gasteiger partial charge in [-0.3, -0.25) is 4.79 Å². The smallest absolute Gasteiger partial charge is 0.308 e. The van der Waals surface area contributed by atoms with Crippen molar-refractivity contribution >= 4 is 5.97 Å². The van der Waals surface area contributed by atoms with Gasteiger partial charge in [-0.15, -0.1) is 0 Å². The maximum absolute atomic E-state index is 11.0. The van der Waals surface area contributed by atoms with Crippen LogP contribution in [0.5, 0.6) is 0 Å². The van der Waals surface area contributed by atoms with Crippen molar-refractivity contribution in [3.63, 3.8) is 0 Å². The molecule has 1 aliphatic heterocycles. The minimum atomic E-state index is -0.804. The Bertz CT molecular complexity index is 273. The van der Waals surface area contributed by atoms with Crippen molar-refractivity contribution in [2.75, 3.05) is 0 Å². The number of aliphatic carboxylic acids is 1. The number of rotatable bonds is 1. The third-order valence-electron chi connectivity index (χ3n) is 2.96. The number of hydrazine groups is 1. The maximum atomic E-state index is 11.0. The van der Waals surface area contributed by atoms with Gasteiger partial charge in [-0.1, -0.05) is 0 Å². The van der Waals surface area contributed by atoms with Gasteiger partial charge in [0, 0.05) is 11.9 Å². The van der Waals surface area contributed by atoms with E-state index in [4.69, 9.17) is 16.7 Å². The van der Waals surface area contributed by atoms with E-state index < -0.39 is 17.4 Å². The van der Waals surface area contributed by atoms with Gasteiger partial charge in [-0.2, -0.15) is 0 Å². The Labute approximate surface area is 83.3 Å². The minimum absolute atomic E-state index is 0.448. The highest BCUT2D eigenvalue weighted by Gasteiger charge is 2.43. The molecule has 80 valence electrons. The Morgan fingerprint density at radius 3 is 2.71 bits per heavy atom. The van der Waals surface area contributed by atoms with Gasteiger partial charge in [0.15, 0.2) is 0 Å². The molecule has 5 N–H and O–H groups in total. The van der Waals surface area contributed by atoms with Crippen LogP contribution in [0.3, 0.4) is 0 Å². The Kier molecular flexibility index (Phi) is 2.71. The summed E-state index contributed by atoms with van der Waals surface area (Å²) in [6, 6.07) is 0. The summed E-state index contributed by atoms with van der Waals surface area (Å²) < 4.78 is 0. The van der Waals surface area contributed by atoms with Crippen LogP contribution in [0.25, 0.3) is 0 Å². The molecule has 0 amide bonds. The first-order valence-corrected chi connectivity index (χ1v) is 4.59. The van der Waals surface area contributed by atoms with Crippen molar-refractivity contribution in [3.8, 4) is 0 Å². The third kappa shape index (κ3) is 1.55. The van der Waals surface area contributed by atoms with Crippen molar-refractivity contribution < 1.29 is 9.90 Å². The second kappa shape index (κ2) is 3.49. The predicted molar refractivity (Wildman–Crippen MR) is 52.7 cm³/mol. The number of carbonyl (C=O) groups is 1. The highest BCUT2D eigenvalue weighted by Crippen LogP contribution is 2.35. The van der Waals surface area contributed by atoms with Crippen molar-refractivity contribution in [3.05, 3.63) is 11.9 Å². The van der Waals surface area contributed by atoms with Crippen LogP contribution in [0.2, 0.25) is 0 Å². The lowest BCUT2D eigenvalue weighted by molar-refractivity contribution is -0.148. The summed E-state index contributed by atoms with van der Waals surface area (Å²) >= 11 is 0. The number of carboxylic acids is 1. The molecule has 0 aromatic heterocycles. The molecule has 1 unspecified atom stereocenters. The average molecular weight is 199 g/mol. The van der Waals surface area contributed by atoms with Crippen molar-refractivity contribution in [2.24, 2.45) is 17.5 Å². The minimum Gasteiger partial charge on any atom is -0.481 e. The molecule has 1 fully saturated rings. The highest BCUT2D eigenvalue weighted by molar-refractivity contribution is 5.72. The van der Waals surface area contributed by atoms with E-state index in [1.54, 1.807) is 0 Å². The number of nitrogens with two attached hydrogens (primary N) is 2. The molecule has 1 atom stereocenters. The lowest BCUT2D eigenvalue weighted by Gasteiger charge is -2.45. The largest absolute Gasteiger partial charge is 0.481 e. The van der Waals surface area contributed by atoms with E-state index in [9.17, 15) is 4.79 Å². The van der Waals surface area contributed by atoms with E-state index in [0.717, 1.165) is 5.70 Å². The van der Waals surface area contributed by atoms with Crippen LogP contribution in [0.15, 0.2) is 11.9 Å². The van der Waals surface area contributed by atoms with E-state index in [1.165, 1.54) is 11.2 Å². The summed E-state index contributed by atoms with van der Waals surface area (Å²) in [7, 11) is 0. The molecule has 0 saturated carbocycles. The second-order valence-corrected chi connectivity index (χ2v) is 4.11. The van der Waals surface area contributed by atoms with Crippen LogP contribution in [-0.4, -0.2) is 21.6 Å². The Morgan fingerprint density at radius 1 is 1.71 bits per heavy atom. The zero-order valence-corrected chi connectivity index (χ0v) is 8.53. The number of piperidine rings is 1. The Morgan fingerprint density at radius 2 is 2.29 bits per heavy atom. The van der Waals surface area contributed by atoms with Crippen molar-refractivity contribution in [2.45, 2.75) is 32.2 Å². The molecule has 0 radical (unpaired) electrons. The lowest BCUT2D eigenvalue weighted by atomic mass is 9.79. The zero-order chi connectivity index (χ0) is 10.9. The molecule has 0 aromatic carbocycles. The van der Waals surface area contributed by atoms with E-state index in [-0.39, 0.29) is 0 Å². The normalized spacial score (nSPS) is 29.2. The second-order valence-electron chi connectivity index (χ2n) is 4.11. The Balaban J connectivity index is 2.96. The zero-order valence-electron chi connectivity index (χ0n) is 8.53. The number of carboxylic acid groups (broad SMARTS) is 1. The van der Waals surface area contributed by atoms with E-state index >= 15 is 0 Å². The monoisotopic (exact) mass is 199 g/mol. The molecule has 5 heteroatoms. The number of hydrogen-bond acceptors (Lipinski definition) is 4. The number of nitrogens with zero attached hydrogens (tertiary/aromatic N) is 1. The molecular weight excluding hydrogens is 182 g/mol. The molecular formula is C9H17N3O2. The quantitative estimate of drug-likeness (QED) is 0.526. The molecule has 5 nitrogen and oxygen atoms in total. The molecule has 1 saturated heterocycles. The predicted octanol–water partition coefficient (Wildman–Crippen LogP) is 0.235. The van der Waals surface area contributed by atoms with Gasteiger partial charge in [0.05, 0.1) is 11.5 Å². The standard InChI is InChI=1S/C9H17N3O2/c1-9(2)7(8(13)14)4-3-6(5-10)12(9)11/h5,7H,3-4,10-11H2,1-2H3,(H,13,14)/b6-5-. The van der Waals surface area contributed by atoms with E-state index in [2.05, 4.69) is 0 Å². The van der Waals surface area contributed by atoms with E-state index in [1.807, 2.05) is 13.8 Å². The van der Waals surface area contributed by atoms with Crippen molar-refractivity contribution in [1.29, 1.82) is 0 Å². The van der Waals surface area contributed by atoms with Crippen LogP contribution in [0.4, 0.5) is 0 Å². The first kappa shape index (κ1) is 10.8. The summed E-state index contributed by atoms with van der Waals surface area (Å²) in [6.07, 6.45) is 2.65. The molecule has 0 spiro atoms. The Hall–Kier alpha value is -1.23. The van der Waals surface area contributed by atoms with Crippen LogP contribution >= 0.6 is 0 Å². The van der Waals surface area contributed by atoms with Gasteiger partial charge in [0.1, 0.15) is 0 Å². The van der Waals surface area contributed by atoms with Crippen LogP contribution < -0.4 is 11.6 Å². The summed E-state index contributed by atoms with van der Waals surface area (Å²) in [6.45, 7) is 3.63. The first-order valence-electron chi connectivity index (χ1n) is 4.59. The topological polar surface area (TPSA) is 92.6 Å². The highest BCUT2D eigenvalue weighted by atomic mass is 16.4. The lowest BCUT2D eigenvalue weighted by Crippen LogP contribution is -2.57. The summed E-state index contributed by atoms with van der Waals surface area (Å²) in [5, 5.41) is 10.5.